The van der Waals surface area contributed by atoms with Crippen molar-refractivity contribution in [2.24, 2.45) is 16.8 Å². The van der Waals surface area contributed by atoms with E-state index in [-0.39, 0.29) is 5.75 Å². The fourth-order valence-electron chi connectivity index (χ4n) is 4.02. The number of methoxy groups -OCH3 is 1. The molecule has 2 aliphatic rings. The van der Waals surface area contributed by atoms with Crippen molar-refractivity contribution >= 4 is 5.96 Å². The summed E-state index contributed by atoms with van der Waals surface area (Å²) in [7, 11) is 1.57. The molecule has 3 rings (SSSR count). The number of phenols is 1. The number of likely N-dealkylation sites (tertiary alicyclic amines) is 1. The number of hydrogen-bond donors (Lipinski definition) is 2. The molecule has 1 saturated heterocycles. The number of nitrogens with zero attached hydrogens (tertiary/aromatic N) is 2. The van der Waals surface area contributed by atoms with Crippen molar-refractivity contribution in [1.82, 2.24) is 10.2 Å². The Bertz CT molecular complexity index is 574. The number of ether oxygens (including phenoxy) is 1. The van der Waals surface area contributed by atoms with Gasteiger partial charge in [0.05, 0.1) is 13.7 Å². The smallest absolute Gasteiger partial charge is 0.194 e. The molecular weight excluding hydrogens is 302 g/mol. The zero-order valence-corrected chi connectivity index (χ0v) is 14.8. The van der Waals surface area contributed by atoms with E-state index in [1.165, 1.54) is 25.7 Å². The standard InChI is InChI=1S/C19H29N3O2/c1-3-20-19(22-12-15-7-4-5-8-16(15)13-22)21-11-14-9-6-10-17(24-2)18(14)23/h6,9-10,15-16,23H,3-5,7-8,11-13H2,1-2H3,(H,20,21). The van der Waals surface area contributed by atoms with E-state index in [9.17, 15) is 5.11 Å². The fraction of sp³-hybridized carbons (Fsp3) is 0.632. The molecule has 1 aromatic rings. The first kappa shape index (κ1) is 16.9. The average Bonchev–Trinajstić information content (AvgIpc) is 3.03. The molecule has 5 heteroatoms. The molecule has 2 N–H and O–H groups in total. The van der Waals surface area contributed by atoms with Crippen LogP contribution in [0, 0.1) is 11.8 Å². The molecule has 24 heavy (non-hydrogen) atoms. The summed E-state index contributed by atoms with van der Waals surface area (Å²) in [5.74, 6) is 3.31. The molecule has 2 atom stereocenters. The summed E-state index contributed by atoms with van der Waals surface area (Å²) in [4.78, 5) is 7.18. The minimum Gasteiger partial charge on any atom is -0.504 e. The first-order chi connectivity index (χ1) is 11.7. The lowest BCUT2D eigenvalue weighted by atomic mass is 9.82. The maximum absolute atomic E-state index is 10.2. The maximum atomic E-state index is 10.2. The summed E-state index contributed by atoms with van der Waals surface area (Å²) < 4.78 is 5.18. The number of fused-ring (bicyclic) bond motifs is 1. The van der Waals surface area contributed by atoms with Gasteiger partial charge < -0.3 is 20.1 Å². The van der Waals surface area contributed by atoms with E-state index >= 15 is 0 Å². The summed E-state index contributed by atoms with van der Waals surface area (Å²) in [6.45, 7) is 5.63. The molecule has 2 unspecified atom stereocenters. The molecule has 1 aliphatic heterocycles. The zero-order chi connectivity index (χ0) is 16.9. The lowest BCUT2D eigenvalue weighted by molar-refractivity contribution is 0.299. The van der Waals surface area contributed by atoms with E-state index in [1.807, 2.05) is 12.1 Å². The van der Waals surface area contributed by atoms with Crippen LogP contribution in [0.4, 0.5) is 0 Å². The third kappa shape index (κ3) is 3.60. The van der Waals surface area contributed by atoms with Crippen LogP contribution < -0.4 is 10.1 Å². The molecule has 0 aromatic heterocycles. The Morgan fingerprint density at radius 3 is 2.62 bits per heavy atom. The molecule has 0 bridgehead atoms. The second-order valence-electron chi connectivity index (χ2n) is 6.85. The number of hydrogen-bond acceptors (Lipinski definition) is 3. The summed E-state index contributed by atoms with van der Waals surface area (Å²) in [6, 6.07) is 5.55. The van der Waals surface area contributed by atoms with Crippen LogP contribution in [-0.4, -0.2) is 42.7 Å². The quantitative estimate of drug-likeness (QED) is 0.658. The van der Waals surface area contributed by atoms with E-state index in [2.05, 4.69) is 17.1 Å². The van der Waals surface area contributed by atoms with Gasteiger partial charge in [0.2, 0.25) is 0 Å². The molecule has 1 aliphatic carbocycles. The zero-order valence-electron chi connectivity index (χ0n) is 14.8. The highest BCUT2D eigenvalue weighted by Gasteiger charge is 2.35. The predicted molar refractivity (Wildman–Crippen MR) is 96.5 cm³/mol. The van der Waals surface area contributed by atoms with Gasteiger partial charge in [-0.3, -0.25) is 0 Å². The first-order valence-corrected chi connectivity index (χ1v) is 9.11. The highest BCUT2D eigenvalue weighted by atomic mass is 16.5. The number of aromatic hydroxyl groups is 1. The Kier molecular flexibility index (Phi) is 5.48. The van der Waals surface area contributed by atoms with Crippen LogP contribution in [-0.2, 0) is 6.54 Å². The van der Waals surface area contributed by atoms with Crippen molar-refractivity contribution in [2.75, 3.05) is 26.7 Å². The topological polar surface area (TPSA) is 57.1 Å². The Morgan fingerprint density at radius 2 is 2.00 bits per heavy atom. The molecule has 0 radical (unpaired) electrons. The third-order valence-electron chi connectivity index (χ3n) is 5.31. The molecule has 1 saturated carbocycles. The van der Waals surface area contributed by atoms with Gasteiger partial charge in [0, 0.05) is 25.2 Å². The molecule has 1 heterocycles. The van der Waals surface area contributed by atoms with Gasteiger partial charge in [0.1, 0.15) is 0 Å². The summed E-state index contributed by atoms with van der Waals surface area (Å²) >= 11 is 0. The van der Waals surface area contributed by atoms with Crippen LogP contribution in [0.25, 0.3) is 0 Å². The summed E-state index contributed by atoms with van der Waals surface area (Å²) in [5.41, 5.74) is 0.793. The third-order valence-corrected chi connectivity index (χ3v) is 5.31. The van der Waals surface area contributed by atoms with Crippen molar-refractivity contribution in [3.63, 3.8) is 0 Å². The van der Waals surface area contributed by atoms with E-state index in [4.69, 9.17) is 9.73 Å². The number of nitrogens with one attached hydrogen (secondary N) is 1. The van der Waals surface area contributed by atoms with Gasteiger partial charge in [-0.05, 0) is 37.7 Å². The number of guanidine groups is 1. The van der Waals surface area contributed by atoms with Crippen molar-refractivity contribution in [2.45, 2.75) is 39.2 Å². The van der Waals surface area contributed by atoms with Crippen molar-refractivity contribution in [3.8, 4) is 11.5 Å². The highest BCUT2D eigenvalue weighted by Crippen LogP contribution is 2.36. The Labute approximate surface area is 144 Å². The molecule has 2 fully saturated rings. The van der Waals surface area contributed by atoms with Gasteiger partial charge >= 0.3 is 0 Å². The monoisotopic (exact) mass is 331 g/mol. The average molecular weight is 331 g/mol. The predicted octanol–water partition coefficient (Wildman–Crippen LogP) is 2.99. The Hall–Kier alpha value is -1.91. The van der Waals surface area contributed by atoms with E-state index in [0.29, 0.717) is 12.3 Å². The van der Waals surface area contributed by atoms with Crippen molar-refractivity contribution in [3.05, 3.63) is 23.8 Å². The van der Waals surface area contributed by atoms with Crippen LogP contribution >= 0.6 is 0 Å². The molecule has 0 amide bonds. The molecule has 1 aromatic carbocycles. The van der Waals surface area contributed by atoms with Gasteiger partial charge in [0.25, 0.3) is 0 Å². The van der Waals surface area contributed by atoms with Crippen LogP contribution in [0.3, 0.4) is 0 Å². The number of benzene rings is 1. The Balaban J connectivity index is 1.72. The highest BCUT2D eigenvalue weighted by molar-refractivity contribution is 5.80. The van der Waals surface area contributed by atoms with Gasteiger partial charge in [-0.25, -0.2) is 4.99 Å². The summed E-state index contributed by atoms with van der Waals surface area (Å²) in [6.07, 6.45) is 5.47. The van der Waals surface area contributed by atoms with E-state index in [1.54, 1.807) is 13.2 Å². The van der Waals surface area contributed by atoms with Crippen LogP contribution in [0.15, 0.2) is 23.2 Å². The molecule has 132 valence electrons. The second kappa shape index (κ2) is 7.77. The van der Waals surface area contributed by atoms with Crippen LogP contribution in [0.2, 0.25) is 0 Å². The van der Waals surface area contributed by atoms with Gasteiger partial charge in [-0.15, -0.1) is 0 Å². The van der Waals surface area contributed by atoms with Crippen molar-refractivity contribution in [1.29, 1.82) is 0 Å². The van der Waals surface area contributed by atoms with Crippen LogP contribution in [0.1, 0.15) is 38.2 Å². The normalized spacial score (nSPS) is 23.9. The summed E-state index contributed by atoms with van der Waals surface area (Å²) in [5, 5.41) is 13.7. The van der Waals surface area contributed by atoms with E-state index in [0.717, 1.165) is 43.0 Å². The molecular formula is C19H29N3O2. The maximum Gasteiger partial charge on any atom is 0.194 e. The number of phenolic OH excluding ortho intramolecular Hbond substituents is 1. The molecule has 0 spiro atoms. The Morgan fingerprint density at radius 1 is 1.29 bits per heavy atom. The first-order valence-electron chi connectivity index (χ1n) is 9.11. The van der Waals surface area contributed by atoms with Gasteiger partial charge in [-0.1, -0.05) is 25.0 Å². The number of para-hydroxylation sites is 1. The number of aliphatic imine (C=N–C) groups is 1. The molecule has 5 nitrogen and oxygen atoms in total. The van der Waals surface area contributed by atoms with Gasteiger partial charge in [-0.2, -0.15) is 0 Å². The number of rotatable bonds is 4. The van der Waals surface area contributed by atoms with Gasteiger partial charge in [0.15, 0.2) is 17.5 Å². The van der Waals surface area contributed by atoms with E-state index < -0.39 is 0 Å². The fourth-order valence-corrected chi connectivity index (χ4v) is 4.02. The second-order valence-corrected chi connectivity index (χ2v) is 6.85. The SMILES string of the molecule is CCNC(=NCc1cccc(OC)c1O)N1CC2CCCCC2C1. The largest absolute Gasteiger partial charge is 0.504 e. The lowest BCUT2D eigenvalue weighted by Gasteiger charge is -2.22. The lowest BCUT2D eigenvalue weighted by Crippen LogP contribution is -2.40. The van der Waals surface area contributed by atoms with Crippen molar-refractivity contribution < 1.29 is 9.84 Å². The van der Waals surface area contributed by atoms with Crippen LogP contribution in [0.5, 0.6) is 11.5 Å². The minimum atomic E-state index is 0.190. The minimum absolute atomic E-state index is 0.190.